The summed E-state index contributed by atoms with van der Waals surface area (Å²) in [4.78, 5) is 8.26. The highest BCUT2D eigenvalue weighted by Crippen LogP contribution is 2.02. The van der Waals surface area contributed by atoms with E-state index >= 15 is 0 Å². The van der Waals surface area contributed by atoms with Gasteiger partial charge in [-0.3, -0.25) is 33.3 Å². The lowest BCUT2D eigenvalue weighted by Crippen LogP contribution is -2.48. The van der Waals surface area contributed by atoms with Crippen LogP contribution in [0.4, 0.5) is 0 Å². The molecule has 0 spiro atoms. The average molecular weight is 646 g/mol. The highest BCUT2D eigenvalue weighted by molar-refractivity contribution is 7.86. The van der Waals surface area contributed by atoms with Crippen LogP contribution in [0.25, 0.3) is 0 Å². The molecule has 2 saturated heterocycles. The van der Waals surface area contributed by atoms with Gasteiger partial charge >= 0.3 is 0 Å². The van der Waals surface area contributed by atoms with Gasteiger partial charge in [0.15, 0.2) is 0 Å². The number of aliphatic hydroxyl groups excluding tert-OH is 3. The third-order valence-electron chi connectivity index (χ3n) is 6.02. The zero-order chi connectivity index (χ0) is 30.8. The number of β-amino-alcohol motifs (C(OH)–C–C–N with tert-alkyl or cyclic N) is 2. The summed E-state index contributed by atoms with van der Waals surface area (Å²) in [5.41, 5.74) is 5.17. The quantitative estimate of drug-likeness (QED) is 0.0878. The van der Waals surface area contributed by atoms with E-state index in [1.54, 1.807) is 0 Å². The molecule has 2 rings (SSSR count). The van der Waals surface area contributed by atoms with E-state index in [1.165, 1.54) is 0 Å². The van der Waals surface area contributed by atoms with E-state index in [-0.39, 0.29) is 37.7 Å². The zero-order valence-electron chi connectivity index (χ0n) is 22.7. The SMILES string of the molecule is NC(CCO)CS(=O)(=O)O.O=S(=O)(O)CCN1CCN(CCO)CC1.O=S(=O)(O)CCN1CCN(CCO)CC1. The summed E-state index contributed by atoms with van der Waals surface area (Å²) >= 11 is 0. The number of hydrogen-bond acceptors (Lipinski definition) is 14. The van der Waals surface area contributed by atoms with Gasteiger partial charge in [-0.25, -0.2) is 0 Å². The van der Waals surface area contributed by atoms with Crippen LogP contribution in [-0.2, 0) is 30.4 Å². The molecule has 0 radical (unpaired) electrons. The number of nitrogens with two attached hydrogens (primary N) is 1. The van der Waals surface area contributed by atoms with E-state index in [2.05, 4.69) is 9.80 Å². The Kier molecular flexibility index (Phi) is 20.0. The van der Waals surface area contributed by atoms with Crippen molar-refractivity contribution in [3.05, 3.63) is 0 Å². The first kappa shape index (κ1) is 39.4. The minimum absolute atomic E-state index is 0.158. The van der Waals surface area contributed by atoms with Crippen molar-refractivity contribution in [3.63, 3.8) is 0 Å². The first-order valence-corrected chi connectivity index (χ1v) is 17.6. The lowest BCUT2D eigenvalue weighted by molar-refractivity contribution is 0.116. The summed E-state index contributed by atoms with van der Waals surface area (Å²) in [5.74, 6) is -0.895. The molecule has 0 bridgehead atoms. The maximum atomic E-state index is 10.5. The van der Waals surface area contributed by atoms with E-state index in [0.717, 1.165) is 52.4 Å². The molecule has 2 fully saturated rings. The van der Waals surface area contributed by atoms with Crippen LogP contribution in [-0.4, -0.2) is 195 Å². The predicted molar refractivity (Wildman–Crippen MR) is 149 cm³/mol. The number of rotatable bonds is 14. The van der Waals surface area contributed by atoms with Crippen LogP contribution in [0.2, 0.25) is 0 Å². The molecule has 1 atom stereocenters. The van der Waals surface area contributed by atoms with Crippen molar-refractivity contribution in [1.82, 2.24) is 19.6 Å². The molecule has 0 aromatic heterocycles. The van der Waals surface area contributed by atoms with Gasteiger partial charge in [-0.15, -0.1) is 0 Å². The van der Waals surface area contributed by atoms with Crippen molar-refractivity contribution in [3.8, 4) is 0 Å². The third-order valence-corrected chi connectivity index (χ3v) is 8.26. The fourth-order valence-corrected chi connectivity index (χ4v) is 5.45. The van der Waals surface area contributed by atoms with Crippen molar-refractivity contribution in [2.75, 3.05) is 116 Å². The second-order valence-electron chi connectivity index (χ2n) is 9.41. The maximum Gasteiger partial charge on any atom is 0.266 e. The highest BCUT2D eigenvalue weighted by Gasteiger charge is 2.19. The smallest absolute Gasteiger partial charge is 0.266 e. The molecule has 8 N–H and O–H groups in total. The summed E-state index contributed by atoms with van der Waals surface area (Å²) in [6, 6.07) is -0.681. The molecule has 0 saturated carbocycles. The second kappa shape index (κ2) is 20.3. The molecule has 242 valence electrons. The summed E-state index contributed by atoms with van der Waals surface area (Å²) < 4.78 is 87.7. The fourth-order valence-electron chi connectivity index (χ4n) is 3.76. The minimum Gasteiger partial charge on any atom is -0.396 e. The highest BCUT2D eigenvalue weighted by atomic mass is 32.2. The normalized spacial score (nSPS) is 19.3. The van der Waals surface area contributed by atoms with Gasteiger partial charge in [0.1, 0.15) is 0 Å². The largest absolute Gasteiger partial charge is 0.396 e. The first-order valence-electron chi connectivity index (χ1n) is 12.8. The second-order valence-corrected chi connectivity index (χ2v) is 14.0. The van der Waals surface area contributed by atoms with Gasteiger partial charge in [0.05, 0.1) is 30.5 Å². The van der Waals surface area contributed by atoms with Crippen molar-refractivity contribution >= 4 is 30.4 Å². The van der Waals surface area contributed by atoms with Crippen molar-refractivity contribution in [1.29, 1.82) is 0 Å². The number of hydrogen-bond donors (Lipinski definition) is 7. The van der Waals surface area contributed by atoms with Crippen molar-refractivity contribution in [2.45, 2.75) is 12.5 Å². The van der Waals surface area contributed by atoms with E-state index in [1.807, 2.05) is 9.80 Å². The van der Waals surface area contributed by atoms with Crippen LogP contribution >= 0.6 is 0 Å². The third kappa shape index (κ3) is 24.1. The lowest BCUT2D eigenvalue weighted by Gasteiger charge is -2.33. The number of aliphatic hydroxyl groups is 3. The van der Waals surface area contributed by atoms with Crippen molar-refractivity contribution in [2.24, 2.45) is 5.73 Å². The van der Waals surface area contributed by atoms with Crippen molar-refractivity contribution < 1.29 is 54.2 Å². The fraction of sp³-hybridized carbons (Fsp3) is 1.00. The Morgan fingerprint density at radius 2 is 0.825 bits per heavy atom. The van der Waals surface area contributed by atoms with E-state index in [4.69, 9.17) is 34.7 Å². The molecule has 1 unspecified atom stereocenters. The van der Waals surface area contributed by atoms with Gasteiger partial charge in [0.2, 0.25) is 0 Å². The zero-order valence-corrected chi connectivity index (χ0v) is 25.2. The average Bonchev–Trinajstić information content (AvgIpc) is 2.82. The summed E-state index contributed by atoms with van der Waals surface area (Å²) in [7, 11) is -11.7. The molecule has 0 aliphatic carbocycles. The van der Waals surface area contributed by atoms with Crippen LogP contribution in [0.5, 0.6) is 0 Å². The molecule has 2 aliphatic rings. The Morgan fingerprint density at radius 3 is 1.05 bits per heavy atom. The van der Waals surface area contributed by atoms with Gasteiger partial charge in [-0.05, 0) is 6.42 Å². The Bertz CT molecular complexity index is 911. The molecular weight excluding hydrogens is 598 g/mol. The molecule has 2 heterocycles. The van der Waals surface area contributed by atoms with Crippen LogP contribution < -0.4 is 5.73 Å². The van der Waals surface area contributed by atoms with Gasteiger partial charge in [-0.1, -0.05) is 0 Å². The summed E-state index contributed by atoms with van der Waals surface area (Å²) in [5, 5.41) is 25.7. The van der Waals surface area contributed by atoms with Gasteiger partial charge in [0, 0.05) is 91.2 Å². The standard InChI is InChI=1S/2C8H18N2O4S.C4H11NO4S/c2*11-7-5-9-1-3-10(4-2-9)6-8-15(12,13)14;5-4(1-2-6)3-10(7,8)9/h2*11H,1-8H2,(H,12,13,14);4,6H,1-3,5H2,(H,7,8,9). The van der Waals surface area contributed by atoms with Crippen LogP contribution in [0.1, 0.15) is 6.42 Å². The predicted octanol–water partition coefficient (Wildman–Crippen LogP) is -4.45. The Hall–Kier alpha value is -0.590. The topological polar surface area (TPSA) is 263 Å². The minimum atomic E-state index is -3.98. The van der Waals surface area contributed by atoms with Gasteiger partial charge < -0.3 is 21.1 Å². The Balaban J connectivity index is 0.000000585. The molecule has 40 heavy (non-hydrogen) atoms. The van der Waals surface area contributed by atoms with E-state index in [0.29, 0.717) is 26.2 Å². The summed E-state index contributed by atoms with van der Waals surface area (Å²) in [6.07, 6.45) is 0.180. The van der Waals surface area contributed by atoms with Crippen LogP contribution in [0, 0.1) is 0 Å². The van der Waals surface area contributed by atoms with Crippen LogP contribution in [0.15, 0.2) is 0 Å². The molecule has 0 amide bonds. The lowest BCUT2D eigenvalue weighted by atomic mass is 10.3. The van der Waals surface area contributed by atoms with Crippen LogP contribution in [0.3, 0.4) is 0 Å². The summed E-state index contributed by atoms with van der Waals surface area (Å²) in [6.45, 7) is 8.76. The maximum absolute atomic E-state index is 10.5. The number of piperazine rings is 2. The van der Waals surface area contributed by atoms with Gasteiger partial charge in [0.25, 0.3) is 30.4 Å². The first-order chi connectivity index (χ1) is 18.5. The molecule has 17 nitrogen and oxygen atoms in total. The molecule has 2 aliphatic heterocycles. The van der Waals surface area contributed by atoms with E-state index < -0.39 is 42.1 Å². The Labute approximate surface area is 237 Å². The van der Waals surface area contributed by atoms with E-state index in [9.17, 15) is 25.3 Å². The molecule has 0 aromatic carbocycles. The monoisotopic (exact) mass is 645 g/mol. The molecular formula is C20H47N5O12S3. The number of nitrogens with zero attached hydrogens (tertiary/aromatic N) is 4. The molecule has 0 aromatic rings. The Morgan fingerprint density at radius 1 is 0.525 bits per heavy atom. The van der Waals surface area contributed by atoms with Gasteiger partial charge in [-0.2, -0.15) is 25.3 Å². The molecule has 20 heteroatoms.